The molecule has 0 saturated carbocycles. The predicted molar refractivity (Wildman–Crippen MR) is 258 cm³/mol. The van der Waals surface area contributed by atoms with Crippen LogP contribution in [0, 0.1) is 0 Å². The first-order valence-corrected chi connectivity index (χ1v) is 21.7. The lowest BCUT2D eigenvalue weighted by Gasteiger charge is -2.13. The lowest BCUT2D eigenvalue weighted by atomic mass is 9.94. The van der Waals surface area contributed by atoms with Crippen molar-refractivity contribution in [3.05, 3.63) is 194 Å². The predicted octanol–water partition coefficient (Wildman–Crippen LogP) is 15.4. The summed E-state index contributed by atoms with van der Waals surface area (Å²) in [7, 11) is 0. The number of benzene rings is 9. The lowest BCUT2D eigenvalue weighted by Crippen LogP contribution is -2.00. The smallest absolute Gasteiger partial charge is 0.164 e. The Morgan fingerprint density at radius 1 is 0.317 bits per heavy atom. The molecule has 0 aliphatic rings. The van der Waals surface area contributed by atoms with Crippen molar-refractivity contribution in [3.8, 4) is 67.0 Å². The number of furan rings is 2. The van der Waals surface area contributed by atoms with Gasteiger partial charge in [-0.3, -0.25) is 0 Å². The summed E-state index contributed by atoms with van der Waals surface area (Å²) in [5.74, 6) is 1.86. The number of hydrogen-bond donors (Lipinski definition) is 0. The summed E-state index contributed by atoms with van der Waals surface area (Å²) in [6, 6.07) is 66.8. The molecular formula is C56H32N4O2S. The largest absolute Gasteiger partial charge is 0.456 e. The van der Waals surface area contributed by atoms with Crippen molar-refractivity contribution >= 4 is 76.2 Å². The second-order valence-electron chi connectivity index (χ2n) is 15.7. The summed E-state index contributed by atoms with van der Waals surface area (Å²) in [6.07, 6.45) is 0. The first kappa shape index (κ1) is 35.5. The molecule has 0 N–H and O–H groups in total. The molecule has 9 aromatic carbocycles. The SMILES string of the molecule is c1ccc(-c2ccc(-c3nc(-c4ccccc4)nc(-c4ccc(-c5ccc6c(c5)oc5ccc7sc(-c8cccc9oc%10ccccc%10c89)nc7c56)c5ccccc45)n3)cc2)cc1. The van der Waals surface area contributed by atoms with Crippen LogP contribution in [-0.2, 0) is 0 Å². The van der Waals surface area contributed by atoms with E-state index in [9.17, 15) is 0 Å². The van der Waals surface area contributed by atoms with Crippen molar-refractivity contribution < 1.29 is 8.83 Å². The molecule has 0 unspecified atom stereocenters. The maximum absolute atomic E-state index is 6.62. The Hall–Kier alpha value is -8.26. The second kappa shape index (κ2) is 14.2. The Kier molecular flexibility index (Phi) is 7.98. The number of para-hydroxylation sites is 1. The van der Waals surface area contributed by atoms with Crippen LogP contribution in [0.4, 0.5) is 0 Å². The van der Waals surface area contributed by atoms with E-state index in [1.54, 1.807) is 11.3 Å². The third kappa shape index (κ3) is 5.86. The minimum atomic E-state index is 0.616. The highest BCUT2D eigenvalue weighted by Gasteiger charge is 2.21. The highest BCUT2D eigenvalue weighted by Crippen LogP contribution is 2.44. The van der Waals surface area contributed by atoms with Crippen LogP contribution in [0.3, 0.4) is 0 Å². The fourth-order valence-electron chi connectivity index (χ4n) is 9.02. The molecule has 0 spiro atoms. The Morgan fingerprint density at radius 3 is 1.67 bits per heavy atom. The Balaban J connectivity index is 0.914. The average molecular weight is 825 g/mol. The average Bonchev–Trinajstić information content (AvgIpc) is 4.07. The Bertz CT molecular complexity index is 3910. The molecule has 0 saturated heterocycles. The highest BCUT2D eigenvalue weighted by molar-refractivity contribution is 7.22. The van der Waals surface area contributed by atoms with E-state index in [1.165, 1.54) is 0 Å². The van der Waals surface area contributed by atoms with E-state index in [-0.39, 0.29) is 0 Å². The molecule has 0 aliphatic heterocycles. The van der Waals surface area contributed by atoms with Crippen molar-refractivity contribution in [2.45, 2.75) is 0 Å². The van der Waals surface area contributed by atoms with Gasteiger partial charge >= 0.3 is 0 Å². The minimum Gasteiger partial charge on any atom is -0.456 e. The fraction of sp³-hybridized carbons (Fsp3) is 0. The third-order valence-corrected chi connectivity index (χ3v) is 13.1. The monoisotopic (exact) mass is 824 g/mol. The standard InChI is InChI=1S/C56H32N4O2S/c1-3-12-33(13-4-1)34-22-24-36(25-23-34)54-58-53(35-14-5-2-6-15-35)59-55(60-54)41-29-28-38(39-16-7-8-17-40(39)41)37-26-27-43-48(32-37)62-47-30-31-49-52(51(43)47)57-56(63-49)44-19-11-21-46-50(44)42-18-9-10-20-45(42)61-46/h1-32H. The van der Waals surface area contributed by atoms with Gasteiger partial charge in [-0.05, 0) is 75.5 Å². The summed E-state index contributed by atoms with van der Waals surface area (Å²) in [6.45, 7) is 0. The number of nitrogens with zero attached hydrogens (tertiary/aromatic N) is 4. The molecule has 13 rings (SSSR count). The van der Waals surface area contributed by atoms with Gasteiger partial charge in [0.25, 0.3) is 0 Å². The van der Waals surface area contributed by atoms with Crippen molar-refractivity contribution in [3.63, 3.8) is 0 Å². The molecule has 7 heteroatoms. The molecule has 0 atom stereocenters. The molecule has 4 heterocycles. The molecule has 0 radical (unpaired) electrons. The van der Waals surface area contributed by atoms with Gasteiger partial charge in [-0.15, -0.1) is 11.3 Å². The Morgan fingerprint density at radius 2 is 0.873 bits per heavy atom. The zero-order valence-corrected chi connectivity index (χ0v) is 34.3. The zero-order valence-electron chi connectivity index (χ0n) is 33.5. The second-order valence-corrected chi connectivity index (χ2v) is 16.7. The molecule has 0 amide bonds. The summed E-state index contributed by atoms with van der Waals surface area (Å²) < 4.78 is 14.0. The van der Waals surface area contributed by atoms with Gasteiger partial charge in [-0.1, -0.05) is 152 Å². The minimum absolute atomic E-state index is 0.616. The number of hydrogen-bond acceptors (Lipinski definition) is 7. The van der Waals surface area contributed by atoms with Gasteiger partial charge in [0, 0.05) is 38.4 Å². The van der Waals surface area contributed by atoms with E-state index in [0.717, 1.165) is 114 Å². The Labute approximate surface area is 364 Å². The van der Waals surface area contributed by atoms with Crippen LogP contribution < -0.4 is 0 Å². The molecule has 294 valence electrons. The third-order valence-electron chi connectivity index (χ3n) is 12.0. The summed E-state index contributed by atoms with van der Waals surface area (Å²) in [5.41, 5.74) is 12.6. The van der Waals surface area contributed by atoms with Gasteiger partial charge in [0.1, 0.15) is 27.3 Å². The van der Waals surface area contributed by atoms with Gasteiger partial charge in [0.05, 0.1) is 15.6 Å². The first-order valence-electron chi connectivity index (χ1n) is 20.9. The van der Waals surface area contributed by atoms with Crippen LogP contribution in [0.1, 0.15) is 0 Å². The highest BCUT2D eigenvalue weighted by atomic mass is 32.1. The first-order chi connectivity index (χ1) is 31.2. The number of fused-ring (bicyclic) bond motifs is 9. The normalized spacial score (nSPS) is 11.8. The van der Waals surface area contributed by atoms with Crippen molar-refractivity contribution in [2.75, 3.05) is 0 Å². The summed E-state index contributed by atoms with van der Waals surface area (Å²) >= 11 is 1.69. The van der Waals surface area contributed by atoms with E-state index in [0.29, 0.717) is 17.5 Å². The maximum Gasteiger partial charge on any atom is 0.164 e. The van der Waals surface area contributed by atoms with E-state index in [1.807, 2.05) is 60.7 Å². The van der Waals surface area contributed by atoms with Crippen LogP contribution >= 0.6 is 11.3 Å². The van der Waals surface area contributed by atoms with Crippen LogP contribution in [0.5, 0.6) is 0 Å². The van der Waals surface area contributed by atoms with Gasteiger partial charge in [0.15, 0.2) is 17.5 Å². The molecular weight excluding hydrogens is 793 g/mol. The van der Waals surface area contributed by atoms with E-state index >= 15 is 0 Å². The van der Waals surface area contributed by atoms with Crippen LogP contribution in [0.25, 0.3) is 132 Å². The molecule has 63 heavy (non-hydrogen) atoms. The van der Waals surface area contributed by atoms with Crippen molar-refractivity contribution in [1.29, 1.82) is 0 Å². The molecule has 4 aromatic heterocycles. The maximum atomic E-state index is 6.62. The molecule has 0 aliphatic carbocycles. The van der Waals surface area contributed by atoms with Gasteiger partial charge < -0.3 is 8.83 Å². The van der Waals surface area contributed by atoms with Gasteiger partial charge in [-0.2, -0.15) is 0 Å². The number of aromatic nitrogens is 4. The van der Waals surface area contributed by atoms with Crippen LogP contribution in [0.2, 0.25) is 0 Å². The number of rotatable bonds is 6. The van der Waals surface area contributed by atoms with Gasteiger partial charge in [0.2, 0.25) is 0 Å². The molecule has 0 bridgehead atoms. The fourth-order valence-corrected chi connectivity index (χ4v) is 10.0. The topological polar surface area (TPSA) is 77.8 Å². The van der Waals surface area contributed by atoms with Crippen LogP contribution in [-0.4, -0.2) is 19.9 Å². The zero-order chi connectivity index (χ0) is 41.4. The van der Waals surface area contributed by atoms with Crippen molar-refractivity contribution in [1.82, 2.24) is 19.9 Å². The quantitative estimate of drug-likeness (QED) is 0.166. The van der Waals surface area contributed by atoms with Gasteiger partial charge in [-0.25, -0.2) is 19.9 Å². The van der Waals surface area contributed by atoms with E-state index in [4.69, 9.17) is 28.8 Å². The van der Waals surface area contributed by atoms with Crippen LogP contribution in [0.15, 0.2) is 203 Å². The van der Waals surface area contributed by atoms with Crippen molar-refractivity contribution in [2.24, 2.45) is 0 Å². The van der Waals surface area contributed by atoms with E-state index in [2.05, 4.69) is 133 Å². The summed E-state index contributed by atoms with van der Waals surface area (Å²) in [4.78, 5) is 20.6. The summed E-state index contributed by atoms with van der Waals surface area (Å²) in [5, 5.41) is 7.33. The molecule has 0 fully saturated rings. The van der Waals surface area contributed by atoms with E-state index < -0.39 is 0 Å². The molecule has 6 nitrogen and oxygen atoms in total. The molecule has 13 aromatic rings. The number of thiazole rings is 1. The lowest BCUT2D eigenvalue weighted by molar-refractivity contribution is 0.668.